The highest BCUT2D eigenvalue weighted by molar-refractivity contribution is 7.90. The van der Waals surface area contributed by atoms with Gasteiger partial charge in [0, 0.05) is 13.1 Å². The lowest BCUT2D eigenvalue weighted by atomic mass is 10.3. The highest BCUT2D eigenvalue weighted by atomic mass is 32.2. The molecule has 0 amide bonds. The lowest BCUT2D eigenvalue weighted by Crippen LogP contribution is -2.50. The molecule has 2 rings (SSSR count). The monoisotopic (exact) mass is 300 g/mol. The molecule has 0 spiro atoms. The summed E-state index contributed by atoms with van der Waals surface area (Å²) in [5.74, 6) is -1.20. The van der Waals surface area contributed by atoms with E-state index in [1.165, 1.54) is 4.31 Å². The van der Waals surface area contributed by atoms with Crippen molar-refractivity contribution in [1.82, 2.24) is 4.31 Å². The number of morpholine rings is 1. The Kier molecular flexibility index (Phi) is 4.58. The predicted octanol–water partition coefficient (Wildman–Crippen LogP) is 0.155. The number of carboxylic acid groups (broad SMARTS) is 1. The largest absolute Gasteiger partial charge is 0.480 e. The molecule has 1 fully saturated rings. The molecule has 8 heteroatoms. The molecule has 1 N–H and O–H groups in total. The lowest BCUT2D eigenvalue weighted by Gasteiger charge is -2.32. The number of carbonyl (C=O) groups is 1. The van der Waals surface area contributed by atoms with Crippen LogP contribution in [-0.2, 0) is 19.7 Å². The van der Waals surface area contributed by atoms with E-state index in [-0.39, 0.29) is 13.1 Å². The van der Waals surface area contributed by atoms with Crippen LogP contribution >= 0.6 is 0 Å². The van der Waals surface area contributed by atoms with Crippen molar-refractivity contribution in [1.29, 1.82) is 0 Å². The molecule has 1 aliphatic heterocycles. The third kappa shape index (κ3) is 3.27. The summed E-state index contributed by atoms with van der Waals surface area (Å²) >= 11 is 0. The van der Waals surface area contributed by atoms with E-state index < -0.39 is 22.7 Å². The van der Waals surface area contributed by atoms with E-state index in [0.717, 1.165) is 4.31 Å². The van der Waals surface area contributed by atoms with E-state index in [4.69, 9.17) is 9.84 Å². The number of rotatable bonds is 5. The first kappa shape index (κ1) is 14.8. The number of para-hydroxylation sites is 1. The summed E-state index contributed by atoms with van der Waals surface area (Å²) in [5, 5.41) is 8.96. The fourth-order valence-electron chi connectivity index (χ4n) is 1.94. The molecule has 0 radical (unpaired) electrons. The molecule has 1 aromatic rings. The van der Waals surface area contributed by atoms with Crippen LogP contribution in [0.4, 0.5) is 5.69 Å². The minimum Gasteiger partial charge on any atom is -0.480 e. The van der Waals surface area contributed by atoms with Gasteiger partial charge < -0.3 is 9.84 Å². The minimum atomic E-state index is -3.87. The van der Waals surface area contributed by atoms with Crippen molar-refractivity contribution in [3.05, 3.63) is 30.3 Å². The highest BCUT2D eigenvalue weighted by Gasteiger charge is 2.32. The van der Waals surface area contributed by atoms with Crippen molar-refractivity contribution >= 4 is 21.9 Å². The molecule has 1 aliphatic rings. The molecule has 7 nitrogen and oxygen atoms in total. The van der Waals surface area contributed by atoms with Gasteiger partial charge in [-0.15, -0.1) is 0 Å². The molecule has 0 atom stereocenters. The van der Waals surface area contributed by atoms with Gasteiger partial charge in [0.15, 0.2) is 0 Å². The lowest BCUT2D eigenvalue weighted by molar-refractivity contribution is -0.135. The maximum absolute atomic E-state index is 12.6. The Balaban J connectivity index is 2.32. The number of aliphatic carboxylic acids is 1. The molecule has 0 aliphatic carbocycles. The van der Waals surface area contributed by atoms with Crippen LogP contribution in [0.5, 0.6) is 0 Å². The summed E-state index contributed by atoms with van der Waals surface area (Å²) in [6.07, 6.45) is 0. The molecule has 1 heterocycles. The standard InChI is InChI=1S/C12H16N2O5S/c15-12(16)10-14(11-4-2-1-3-5-11)20(17,18)13-6-8-19-9-7-13/h1-5H,6-10H2,(H,15,16). The first-order chi connectivity index (χ1) is 9.51. The predicted molar refractivity (Wildman–Crippen MR) is 72.7 cm³/mol. The van der Waals surface area contributed by atoms with Crippen LogP contribution in [0.3, 0.4) is 0 Å². The molecule has 0 saturated carbocycles. The summed E-state index contributed by atoms with van der Waals surface area (Å²) in [5.41, 5.74) is 0.335. The zero-order valence-corrected chi connectivity index (χ0v) is 11.6. The Morgan fingerprint density at radius 1 is 1.25 bits per heavy atom. The molecule has 0 bridgehead atoms. The van der Waals surface area contributed by atoms with Crippen LogP contribution in [0, 0.1) is 0 Å². The topological polar surface area (TPSA) is 87.2 Å². The number of anilines is 1. The summed E-state index contributed by atoms with van der Waals surface area (Å²) < 4.78 is 32.4. The molecule has 0 aromatic heterocycles. The van der Waals surface area contributed by atoms with Crippen LogP contribution in [0.1, 0.15) is 0 Å². The third-order valence-electron chi connectivity index (χ3n) is 2.90. The normalized spacial score (nSPS) is 16.8. The van der Waals surface area contributed by atoms with Crippen molar-refractivity contribution in [2.45, 2.75) is 0 Å². The smallest absolute Gasteiger partial charge is 0.324 e. The van der Waals surface area contributed by atoms with Gasteiger partial charge >= 0.3 is 16.2 Å². The number of hydrogen-bond acceptors (Lipinski definition) is 4. The van der Waals surface area contributed by atoms with Gasteiger partial charge in [-0.25, -0.2) is 4.31 Å². The highest BCUT2D eigenvalue weighted by Crippen LogP contribution is 2.20. The average Bonchev–Trinajstić information content (AvgIpc) is 2.46. The first-order valence-electron chi connectivity index (χ1n) is 6.14. The first-order valence-corrected chi connectivity index (χ1v) is 7.54. The van der Waals surface area contributed by atoms with Crippen LogP contribution in [0.25, 0.3) is 0 Å². The number of hydrogen-bond donors (Lipinski definition) is 1. The summed E-state index contributed by atoms with van der Waals surface area (Å²) in [6.45, 7) is 0.476. The fourth-order valence-corrected chi connectivity index (χ4v) is 3.49. The molecular formula is C12H16N2O5S. The van der Waals surface area contributed by atoms with Crippen LogP contribution in [-0.4, -0.2) is 56.6 Å². The van der Waals surface area contributed by atoms with Crippen molar-refractivity contribution in [2.24, 2.45) is 0 Å². The Hall–Kier alpha value is -1.64. The summed E-state index contributed by atoms with van der Waals surface area (Å²) in [4.78, 5) is 11.0. The van der Waals surface area contributed by atoms with Gasteiger partial charge in [-0.3, -0.25) is 4.79 Å². The molecular weight excluding hydrogens is 284 g/mol. The zero-order valence-electron chi connectivity index (χ0n) is 10.8. The maximum Gasteiger partial charge on any atom is 0.324 e. The quantitative estimate of drug-likeness (QED) is 0.836. The molecule has 20 heavy (non-hydrogen) atoms. The Labute approximate surface area is 117 Å². The Morgan fingerprint density at radius 2 is 1.85 bits per heavy atom. The maximum atomic E-state index is 12.6. The average molecular weight is 300 g/mol. The SMILES string of the molecule is O=C(O)CN(c1ccccc1)S(=O)(=O)N1CCOCC1. The van der Waals surface area contributed by atoms with Crippen molar-refractivity contribution in [3.8, 4) is 0 Å². The number of ether oxygens (including phenoxy) is 1. The van der Waals surface area contributed by atoms with Gasteiger partial charge in [0.25, 0.3) is 0 Å². The Bertz CT molecular complexity index is 554. The van der Waals surface area contributed by atoms with E-state index in [1.807, 2.05) is 0 Å². The number of carboxylic acids is 1. The van der Waals surface area contributed by atoms with E-state index in [9.17, 15) is 13.2 Å². The van der Waals surface area contributed by atoms with Crippen molar-refractivity contribution < 1.29 is 23.1 Å². The van der Waals surface area contributed by atoms with Crippen molar-refractivity contribution in [2.75, 3.05) is 37.2 Å². The van der Waals surface area contributed by atoms with Crippen molar-refractivity contribution in [3.63, 3.8) is 0 Å². The van der Waals surface area contributed by atoms with E-state index in [2.05, 4.69) is 0 Å². The van der Waals surface area contributed by atoms with Crippen LogP contribution < -0.4 is 4.31 Å². The van der Waals surface area contributed by atoms with E-state index >= 15 is 0 Å². The van der Waals surface area contributed by atoms with Gasteiger partial charge in [0.1, 0.15) is 6.54 Å². The molecule has 1 aromatic carbocycles. The van der Waals surface area contributed by atoms with Gasteiger partial charge in [-0.05, 0) is 12.1 Å². The Morgan fingerprint density at radius 3 is 2.40 bits per heavy atom. The molecule has 110 valence electrons. The minimum absolute atomic E-state index is 0.227. The fraction of sp³-hybridized carbons (Fsp3) is 0.417. The second kappa shape index (κ2) is 6.21. The number of benzene rings is 1. The van der Waals surface area contributed by atoms with Gasteiger partial charge in [-0.2, -0.15) is 12.7 Å². The second-order valence-electron chi connectivity index (χ2n) is 4.26. The van der Waals surface area contributed by atoms with Gasteiger partial charge in [-0.1, -0.05) is 18.2 Å². The molecule has 0 unspecified atom stereocenters. The third-order valence-corrected chi connectivity index (χ3v) is 4.81. The second-order valence-corrected chi connectivity index (χ2v) is 6.11. The molecule has 1 saturated heterocycles. The van der Waals surface area contributed by atoms with Gasteiger partial charge in [0.2, 0.25) is 0 Å². The summed E-state index contributed by atoms with van der Waals surface area (Å²) in [7, 11) is -3.87. The van der Waals surface area contributed by atoms with Crippen LogP contribution in [0.2, 0.25) is 0 Å². The van der Waals surface area contributed by atoms with Gasteiger partial charge in [0.05, 0.1) is 18.9 Å². The summed E-state index contributed by atoms with van der Waals surface area (Å²) in [6, 6.07) is 8.21. The zero-order chi connectivity index (χ0) is 14.6. The van der Waals surface area contributed by atoms with E-state index in [1.54, 1.807) is 30.3 Å². The number of nitrogens with zero attached hydrogens (tertiary/aromatic N) is 2. The van der Waals surface area contributed by atoms with E-state index in [0.29, 0.717) is 18.9 Å². The van der Waals surface area contributed by atoms with Crippen LogP contribution in [0.15, 0.2) is 30.3 Å².